The third kappa shape index (κ3) is 3.39. The van der Waals surface area contributed by atoms with Gasteiger partial charge in [0.15, 0.2) is 0 Å². The van der Waals surface area contributed by atoms with Gasteiger partial charge < -0.3 is 10.1 Å². The van der Waals surface area contributed by atoms with E-state index in [1.54, 1.807) is 12.1 Å². The molecule has 112 valence electrons. The van der Waals surface area contributed by atoms with Crippen LogP contribution in [0.2, 0.25) is 5.02 Å². The van der Waals surface area contributed by atoms with Gasteiger partial charge in [-0.15, -0.1) is 0 Å². The van der Waals surface area contributed by atoms with Crippen LogP contribution < -0.4 is 10.1 Å². The predicted molar refractivity (Wildman–Crippen MR) is 75.8 cm³/mol. The molecule has 0 unspecified atom stereocenters. The minimum Gasteiger partial charge on any atom is -0.496 e. The van der Waals surface area contributed by atoms with Crippen molar-refractivity contribution in [1.82, 2.24) is 4.98 Å². The third-order valence-corrected chi connectivity index (χ3v) is 3.08. The summed E-state index contributed by atoms with van der Waals surface area (Å²) < 4.78 is 44.0. The highest BCUT2D eigenvalue weighted by atomic mass is 35.5. The van der Waals surface area contributed by atoms with Crippen LogP contribution >= 0.6 is 11.6 Å². The summed E-state index contributed by atoms with van der Waals surface area (Å²) in [6.07, 6.45) is -4.46. The maximum absolute atomic E-state index is 12.9. The summed E-state index contributed by atoms with van der Waals surface area (Å²) in [6.45, 7) is 0. The normalized spacial score (nSPS) is 11.3. The van der Waals surface area contributed by atoms with E-state index in [0.29, 0.717) is 16.3 Å². The van der Waals surface area contributed by atoms with E-state index in [-0.39, 0.29) is 11.5 Å². The van der Waals surface area contributed by atoms with Gasteiger partial charge in [0.05, 0.1) is 18.4 Å². The third-order valence-electron chi connectivity index (χ3n) is 2.85. The second-order valence-electron chi connectivity index (χ2n) is 4.22. The molecule has 7 heteroatoms. The summed E-state index contributed by atoms with van der Waals surface area (Å²) in [5, 5.41) is 3.00. The molecule has 2 rings (SSSR count). The van der Waals surface area contributed by atoms with Gasteiger partial charge in [-0.05, 0) is 30.3 Å². The molecule has 0 aliphatic heterocycles. The molecule has 0 bridgehead atoms. The lowest BCUT2D eigenvalue weighted by atomic mass is 10.1. The molecule has 0 aliphatic rings. The standard InChI is InChI=1S/C14H12ClF3N2O/c1-19-13-6-8(14(16,17)18)5-11(20-13)10-7-9(15)3-4-12(10)21-2/h3-7H,1-2H3,(H,19,20). The molecule has 0 amide bonds. The Morgan fingerprint density at radius 3 is 2.48 bits per heavy atom. The number of methoxy groups -OCH3 is 1. The lowest BCUT2D eigenvalue weighted by Crippen LogP contribution is -2.07. The smallest absolute Gasteiger partial charge is 0.416 e. The summed E-state index contributed by atoms with van der Waals surface area (Å²) in [6, 6.07) is 6.60. The molecule has 0 spiro atoms. The van der Waals surface area contributed by atoms with E-state index < -0.39 is 11.7 Å². The molecule has 21 heavy (non-hydrogen) atoms. The molecule has 0 aliphatic carbocycles. The summed E-state index contributed by atoms with van der Waals surface area (Å²) in [7, 11) is 2.93. The average molecular weight is 317 g/mol. The Morgan fingerprint density at radius 2 is 1.90 bits per heavy atom. The number of hydrogen-bond acceptors (Lipinski definition) is 3. The van der Waals surface area contributed by atoms with Crippen molar-refractivity contribution >= 4 is 17.4 Å². The van der Waals surface area contributed by atoms with Crippen LogP contribution in [0.15, 0.2) is 30.3 Å². The van der Waals surface area contributed by atoms with Gasteiger partial charge >= 0.3 is 6.18 Å². The SMILES string of the molecule is CNc1cc(C(F)(F)F)cc(-c2cc(Cl)ccc2OC)n1. The van der Waals surface area contributed by atoms with Crippen LogP contribution in [0.5, 0.6) is 5.75 Å². The number of ether oxygens (including phenoxy) is 1. The number of nitrogens with one attached hydrogen (secondary N) is 1. The molecule has 2 aromatic rings. The largest absolute Gasteiger partial charge is 0.496 e. The Balaban J connectivity index is 2.66. The average Bonchev–Trinajstić information content (AvgIpc) is 2.45. The fourth-order valence-corrected chi connectivity index (χ4v) is 2.01. The molecule has 3 nitrogen and oxygen atoms in total. The monoisotopic (exact) mass is 316 g/mol. The highest BCUT2D eigenvalue weighted by Gasteiger charge is 2.32. The Morgan fingerprint density at radius 1 is 1.19 bits per heavy atom. The number of benzene rings is 1. The van der Waals surface area contributed by atoms with Crippen molar-refractivity contribution in [2.75, 3.05) is 19.5 Å². The summed E-state index contributed by atoms with van der Waals surface area (Å²) in [5.41, 5.74) is -0.264. The Labute approximate surface area is 124 Å². The molecular weight excluding hydrogens is 305 g/mol. The van der Waals surface area contributed by atoms with E-state index in [9.17, 15) is 13.2 Å². The molecule has 0 atom stereocenters. The molecular formula is C14H12ClF3N2O. The van der Waals surface area contributed by atoms with E-state index in [1.165, 1.54) is 20.2 Å². The van der Waals surface area contributed by atoms with Gasteiger partial charge in [-0.2, -0.15) is 13.2 Å². The van der Waals surface area contributed by atoms with Crippen LogP contribution in [0.1, 0.15) is 5.56 Å². The van der Waals surface area contributed by atoms with E-state index in [1.807, 2.05) is 0 Å². The molecule has 0 fully saturated rings. The number of hydrogen-bond donors (Lipinski definition) is 1. The van der Waals surface area contributed by atoms with E-state index in [0.717, 1.165) is 12.1 Å². The molecule has 1 aromatic carbocycles. The second kappa shape index (κ2) is 5.81. The minimum atomic E-state index is -4.46. The fraction of sp³-hybridized carbons (Fsp3) is 0.214. The van der Waals surface area contributed by atoms with Crippen LogP contribution in [0.25, 0.3) is 11.3 Å². The van der Waals surface area contributed by atoms with Crippen molar-refractivity contribution in [1.29, 1.82) is 0 Å². The zero-order valence-electron chi connectivity index (χ0n) is 11.3. The molecule has 0 saturated carbocycles. The van der Waals surface area contributed by atoms with Crippen LogP contribution in [0.3, 0.4) is 0 Å². The van der Waals surface area contributed by atoms with Gasteiger partial charge in [-0.25, -0.2) is 4.98 Å². The second-order valence-corrected chi connectivity index (χ2v) is 4.66. The van der Waals surface area contributed by atoms with E-state index >= 15 is 0 Å². The van der Waals surface area contributed by atoms with Crippen molar-refractivity contribution < 1.29 is 17.9 Å². The first-order valence-corrected chi connectivity index (χ1v) is 6.34. The lowest BCUT2D eigenvalue weighted by Gasteiger charge is -2.13. The van der Waals surface area contributed by atoms with Crippen molar-refractivity contribution in [2.24, 2.45) is 0 Å². The van der Waals surface area contributed by atoms with E-state index in [4.69, 9.17) is 16.3 Å². The first kappa shape index (κ1) is 15.4. The van der Waals surface area contributed by atoms with Gasteiger partial charge in [0.25, 0.3) is 0 Å². The topological polar surface area (TPSA) is 34.1 Å². The number of rotatable bonds is 3. The number of pyridine rings is 1. The van der Waals surface area contributed by atoms with Crippen LogP contribution in [-0.4, -0.2) is 19.1 Å². The number of halogens is 4. The Kier molecular flexibility index (Phi) is 4.27. The van der Waals surface area contributed by atoms with Crippen molar-refractivity contribution in [3.8, 4) is 17.0 Å². The summed E-state index contributed by atoms with van der Waals surface area (Å²) in [5.74, 6) is 0.509. The van der Waals surface area contributed by atoms with Crippen LogP contribution in [-0.2, 0) is 6.18 Å². The van der Waals surface area contributed by atoms with Gasteiger partial charge in [-0.3, -0.25) is 0 Å². The van der Waals surface area contributed by atoms with Crippen molar-refractivity contribution in [3.63, 3.8) is 0 Å². The van der Waals surface area contributed by atoms with Gasteiger partial charge in [0.1, 0.15) is 11.6 Å². The van der Waals surface area contributed by atoms with E-state index in [2.05, 4.69) is 10.3 Å². The maximum atomic E-state index is 12.9. The number of aromatic nitrogens is 1. The number of nitrogens with zero attached hydrogens (tertiary/aromatic N) is 1. The van der Waals surface area contributed by atoms with Crippen molar-refractivity contribution in [3.05, 3.63) is 40.9 Å². The first-order valence-electron chi connectivity index (χ1n) is 5.96. The minimum absolute atomic E-state index is 0.113. The molecule has 1 heterocycles. The summed E-state index contributed by atoms with van der Waals surface area (Å²) >= 11 is 5.91. The highest BCUT2D eigenvalue weighted by molar-refractivity contribution is 6.30. The Hall–Kier alpha value is -1.95. The first-order chi connectivity index (χ1) is 9.85. The van der Waals surface area contributed by atoms with Crippen LogP contribution in [0.4, 0.5) is 19.0 Å². The highest BCUT2D eigenvalue weighted by Crippen LogP contribution is 2.36. The van der Waals surface area contributed by atoms with Gasteiger partial charge in [0, 0.05) is 17.6 Å². The molecule has 1 aromatic heterocycles. The maximum Gasteiger partial charge on any atom is 0.416 e. The number of alkyl halides is 3. The van der Waals surface area contributed by atoms with Gasteiger partial charge in [-0.1, -0.05) is 11.6 Å². The number of anilines is 1. The zero-order valence-corrected chi connectivity index (χ0v) is 12.0. The molecule has 0 radical (unpaired) electrons. The zero-order chi connectivity index (χ0) is 15.6. The van der Waals surface area contributed by atoms with Crippen LogP contribution in [0, 0.1) is 0 Å². The lowest BCUT2D eigenvalue weighted by molar-refractivity contribution is -0.137. The van der Waals surface area contributed by atoms with Crippen molar-refractivity contribution in [2.45, 2.75) is 6.18 Å². The quantitative estimate of drug-likeness (QED) is 0.907. The molecule has 0 saturated heterocycles. The Bertz CT molecular complexity index is 659. The van der Waals surface area contributed by atoms with Gasteiger partial charge in [0.2, 0.25) is 0 Å². The summed E-state index contributed by atoms with van der Waals surface area (Å²) in [4.78, 5) is 4.14. The predicted octanol–water partition coefficient (Wildman–Crippen LogP) is 4.47. The fourth-order valence-electron chi connectivity index (χ4n) is 1.84. The molecule has 1 N–H and O–H groups in total.